The number of sulfonamides is 1. The van der Waals surface area contributed by atoms with Crippen molar-refractivity contribution in [3.63, 3.8) is 0 Å². The van der Waals surface area contributed by atoms with Crippen LogP contribution in [0.3, 0.4) is 0 Å². The molecule has 0 atom stereocenters. The monoisotopic (exact) mass is 435 g/mol. The number of hydrogen-bond acceptors (Lipinski definition) is 4. The highest BCUT2D eigenvalue weighted by atomic mass is 35.5. The zero-order valence-electron chi connectivity index (χ0n) is 17.4. The Bertz CT molecular complexity index is 914. The third-order valence-electron chi connectivity index (χ3n) is 5.38. The molecule has 1 heterocycles. The number of nitrogens with zero attached hydrogens (tertiary/aromatic N) is 2. The Morgan fingerprint density at radius 1 is 0.966 bits per heavy atom. The molecule has 0 unspecified atom stereocenters. The first kappa shape index (κ1) is 22.1. The van der Waals surface area contributed by atoms with Crippen molar-refractivity contribution in [1.29, 1.82) is 0 Å². The third-order valence-corrected chi connectivity index (χ3v) is 7.40. The molecule has 1 aliphatic heterocycles. The molecule has 0 aromatic heterocycles. The molecule has 1 fully saturated rings. The van der Waals surface area contributed by atoms with Crippen LogP contribution in [0.5, 0.6) is 0 Å². The molecule has 1 saturated heterocycles. The first-order valence-corrected chi connectivity index (χ1v) is 11.9. The number of nitrogens with one attached hydrogen (secondary N) is 1. The van der Waals surface area contributed by atoms with Crippen LogP contribution in [0.1, 0.15) is 23.1 Å². The van der Waals surface area contributed by atoms with Crippen LogP contribution in [-0.4, -0.2) is 52.6 Å². The lowest BCUT2D eigenvalue weighted by Crippen LogP contribution is -2.47. The van der Waals surface area contributed by atoms with Gasteiger partial charge in [-0.05, 0) is 69.1 Å². The Balaban J connectivity index is 1.45. The van der Waals surface area contributed by atoms with Crippen molar-refractivity contribution in [3.05, 3.63) is 58.1 Å². The fraction of sp³-hybridized carbons (Fsp3) is 0.455. The average Bonchev–Trinajstić information content (AvgIpc) is 2.65. The van der Waals surface area contributed by atoms with Gasteiger partial charge < -0.3 is 4.90 Å². The van der Waals surface area contributed by atoms with Gasteiger partial charge in [0.15, 0.2) is 0 Å². The molecule has 0 saturated carbocycles. The summed E-state index contributed by atoms with van der Waals surface area (Å²) in [5.74, 6) is 0. The van der Waals surface area contributed by atoms with Gasteiger partial charge in [0.2, 0.25) is 10.0 Å². The maximum absolute atomic E-state index is 12.7. The van der Waals surface area contributed by atoms with Gasteiger partial charge in [0.05, 0.1) is 4.90 Å². The van der Waals surface area contributed by atoms with Gasteiger partial charge in [-0.1, -0.05) is 29.3 Å². The first-order chi connectivity index (χ1) is 13.8. The third kappa shape index (κ3) is 5.72. The smallest absolute Gasteiger partial charge is 0.241 e. The van der Waals surface area contributed by atoms with Crippen LogP contribution in [-0.2, 0) is 10.0 Å². The lowest BCUT2D eigenvalue weighted by atomic mass is 10.1. The Morgan fingerprint density at radius 2 is 1.55 bits per heavy atom. The quantitative estimate of drug-likeness (QED) is 0.673. The van der Waals surface area contributed by atoms with Crippen LogP contribution in [0, 0.1) is 20.8 Å². The fourth-order valence-corrected chi connectivity index (χ4v) is 5.70. The van der Waals surface area contributed by atoms with E-state index in [0.29, 0.717) is 11.4 Å². The van der Waals surface area contributed by atoms with Gasteiger partial charge in [-0.3, -0.25) is 4.90 Å². The summed E-state index contributed by atoms with van der Waals surface area (Å²) in [6, 6.07) is 11.8. The second kappa shape index (κ2) is 9.47. The van der Waals surface area contributed by atoms with Crippen molar-refractivity contribution in [2.24, 2.45) is 0 Å². The molecule has 29 heavy (non-hydrogen) atoms. The molecule has 2 aromatic rings. The summed E-state index contributed by atoms with van der Waals surface area (Å²) in [4.78, 5) is 5.17. The van der Waals surface area contributed by atoms with E-state index in [-0.39, 0.29) is 0 Å². The van der Waals surface area contributed by atoms with Gasteiger partial charge >= 0.3 is 0 Å². The number of anilines is 1. The average molecular weight is 436 g/mol. The zero-order valence-corrected chi connectivity index (χ0v) is 19.0. The molecule has 0 bridgehead atoms. The number of aryl methyl sites for hydroxylation is 3. The lowest BCUT2D eigenvalue weighted by Gasteiger charge is -2.36. The maximum Gasteiger partial charge on any atom is 0.241 e. The van der Waals surface area contributed by atoms with Crippen molar-refractivity contribution >= 4 is 27.3 Å². The van der Waals surface area contributed by atoms with Crippen LogP contribution in [0.2, 0.25) is 5.02 Å². The molecule has 1 N–H and O–H groups in total. The number of piperazine rings is 1. The molecule has 158 valence electrons. The lowest BCUT2D eigenvalue weighted by molar-refractivity contribution is 0.255. The standard InChI is InChI=1S/C22H30ClN3O2S/c1-17-15-18(2)22(19(3)16-17)29(27,28)24-9-4-10-25-11-13-26(14-12-25)21-7-5-20(23)6-8-21/h5-8,15-16,24H,4,9-14H2,1-3H3. The maximum atomic E-state index is 12.7. The topological polar surface area (TPSA) is 52.7 Å². The summed E-state index contributed by atoms with van der Waals surface area (Å²) >= 11 is 5.96. The minimum atomic E-state index is -3.48. The molecule has 0 aliphatic carbocycles. The molecule has 0 spiro atoms. The second-order valence-corrected chi connectivity index (χ2v) is 9.92. The van der Waals surface area contributed by atoms with Gasteiger partial charge in [0.1, 0.15) is 0 Å². The van der Waals surface area contributed by atoms with E-state index in [1.165, 1.54) is 5.69 Å². The van der Waals surface area contributed by atoms with Crippen molar-refractivity contribution in [2.75, 3.05) is 44.2 Å². The Kier molecular flexibility index (Phi) is 7.22. The number of halogens is 1. The van der Waals surface area contributed by atoms with E-state index in [9.17, 15) is 8.42 Å². The molecular formula is C22H30ClN3O2S. The molecule has 7 heteroatoms. The van der Waals surface area contributed by atoms with E-state index in [0.717, 1.165) is 60.9 Å². The second-order valence-electron chi connectivity index (χ2n) is 7.78. The summed E-state index contributed by atoms with van der Waals surface area (Å²) in [6.07, 6.45) is 0.796. The number of rotatable bonds is 7. The highest BCUT2D eigenvalue weighted by molar-refractivity contribution is 7.89. The highest BCUT2D eigenvalue weighted by Gasteiger charge is 2.20. The van der Waals surface area contributed by atoms with Crippen molar-refractivity contribution in [2.45, 2.75) is 32.1 Å². The van der Waals surface area contributed by atoms with Crippen LogP contribution in [0.25, 0.3) is 0 Å². The minimum absolute atomic E-state index is 0.416. The molecule has 2 aromatic carbocycles. The molecular weight excluding hydrogens is 406 g/mol. The first-order valence-electron chi connectivity index (χ1n) is 10.1. The summed E-state index contributed by atoms with van der Waals surface area (Å²) in [6.45, 7) is 10.9. The van der Waals surface area contributed by atoms with Crippen LogP contribution in [0.4, 0.5) is 5.69 Å². The number of hydrogen-bond donors (Lipinski definition) is 1. The normalized spacial score (nSPS) is 15.7. The Labute approximate surface area is 179 Å². The highest BCUT2D eigenvalue weighted by Crippen LogP contribution is 2.22. The Morgan fingerprint density at radius 3 is 2.14 bits per heavy atom. The van der Waals surface area contributed by atoms with E-state index < -0.39 is 10.0 Å². The molecule has 3 rings (SSSR count). The molecule has 0 amide bonds. The zero-order chi connectivity index (χ0) is 21.0. The van der Waals surface area contributed by atoms with Crippen molar-refractivity contribution < 1.29 is 8.42 Å². The van der Waals surface area contributed by atoms with Gasteiger partial charge in [-0.2, -0.15) is 0 Å². The van der Waals surface area contributed by atoms with Gasteiger partial charge in [0.25, 0.3) is 0 Å². The summed E-state index contributed by atoms with van der Waals surface area (Å²) in [7, 11) is -3.48. The van der Waals surface area contributed by atoms with E-state index in [1.807, 2.05) is 45.0 Å². The van der Waals surface area contributed by atoms with Gasteiger partial charge in [-0.15, -0.1) is 0 Å². The summed E-state index contributed by atoms with van der Waals surface area (Å²) in [5.41, 5.74) is 3.88. The number of benzene rings is 2. The van der Waals surface area contributed by atoms with Gasteiger partial charge in [-0.25, -0.2) is 13.1 Å². The van der Waals surface area contributed by atoms with Crippen LogP contribution >= 0.6 is 11.6 Å². The van der Waals surface area contributed by atoms with E-state index >= 15 is 0 Å². The Hall–Kier alpha value is -1.60. The summed E-state index contributed by atoms with van der Waals surface area (Å²) in [5, 5.41) is 0.755. The predicted octanol–water partition coefficient (Wildman–Crippen LogP) is 3.76. The fourth-order valence-electron chi connectivity index (χ4n) is 4.05. The molecule has 0 radical (unpaired) electrons. The summed E-state index contributed by atoms with van der Waals surface area (Å²) < 4.78 is 28.2. The van der Waals surface area contributed by atoms with Crippen LogP contribution < -0.4 is 9.62 Å². The van der Waals surface area contributed by atoms with E-state index in [1.54, 1.807) is 0 Å². The molecule has 5 nitrogen and oxygen atoms in total. The molecule has 1 aliphatic rings. The minimum Gasteiger partial charge on any atom is -0.369 e. The van der Waals surface area contributed by atoms with Crippen LogP contribution in [0.15, 0.2) is 41.3 Å². The van der Waals surface area contributed by atoms with E-state index in [2.05, 4.69) is 26.7 Å². The van der Waals surface area contributed by atoms with Crippen molar-refractivity contribution in [3.8, 4) is 0 Å². The van der Waals surface area contributed by atoms with Gasteiger partial charge in [0, 0.05) is 43.4 Å². The van der Waals surface area contributed by atoms with Crippen molar-refractivity contribution in [1.82, 2.24) is 9.62 Å². The van der Waals surface area contributed by atoms with E-state index in [4.69, 9.17) is 11.6 Å². The largest absolute Gasteiger partial charge is 0.369 e. The predicted molar refractivity (Wildman–Crippen MR) is 121 cm³/mol. The SMILES string of the molecule is Cc1cc(C)c(S(=O)(=O)NCCCN2CCN(c3ccc(Cl)cc3)CC2)c(C)c1.